The Morgan fingerprint density at radius 1 is 0.741 bits per heavy atom. The summed E-state index contributed by atoms with van der Waals surface area (Å²) in [5.74, 6) is -2.82. The minimum Gasteiger partial charge on any atom is -0.508 e. The molecule has 2 aromatic carbocycles. The highest BCUT2D eigenvalue weighted by Crippen LogP contribution is 2.32. The van der Waals surface area contributed by atoms with Crippen LogP contribution >= 0.6 is 0 Å². The van der Waals surface area contributed by atoms with Gasteiger partial charge < -0.3 is 20.1 Å². The number of hydrogen-bond donors (Lipinski definition) is 3. The van der Waals surface area contributed by atoms with Crippen molar-refractivity contribution in [1.82, 2.24) is 0 Å². The van der Waals surface area contributed by atoms with Gasteiger partial charge in [-0.25, -0.2) is 0 Å². The summed E-state index contributed by atoms with van der Waals surface area (Å²) in [5, 5.41) is 30.7. The van der Waals surface area contributed by atoms with Crippen LogP contribution in [0.4, 0.5) is 0 Å². The predicted octanol–water partition coefficient (Wildman–Crippen LogP) is 2.96. The first-order valence-corrected chi connectivity index (χ1v) is 8.26. The van der Waals surface area contributed by atoms with Gasteiger partial charge in [0.2, 0.25) is 5.78 Å². The van der Waals surface area contributed by atoms with Crippen molar-refractivity contribution in [3.05, 3.63) is 82.3 Å². The van der Waals surface area contributed by atoms with Crippen LogP contribution in [0.1, 0.15) is 11.1 Å². The highest BCUT2D eigenvalue weighted by Gasteiger charge is 2.35. The average molecular weight is 366 g/mol. The Balaban J connectivity index is 2.04. The maximum absolute atomic E-state index is 12.3. The smallest absolute Gasteiger partial charge is 0.267 e. The Kier molecular flexibility index (Phi) is 4.98. The van der Waals surface area contributed by atoms with E-state index in [1.807, 2.05) is 0 Å². The molecule has 0 saturated heterocycles. The first kappa shape index (κ1) is 18.3. The van der Waals surface area contributed by atoms with Gasteiger partial charge in [0.25, 0.3) is 5.78 Å². The number of methoxy groups -OCH3 is 1. The lowest BCUT2D eigenvalue weighted by Gasteiger charge is -2.19. The lowest BCUT2D eigenvalue weighted by molar-refractivity contribution is -0.134. The van der Waals surface area contributed by atoms with E-state index in [0.29, 0.717) is 16.9 Å². The lowest BCUT2D eigenvalue weighted by atomic mass is 9.86. The van der Waals surface area contributed by atoms with E-state index in [1.54, 1.807) is 42.5 Å². The maximum atomic E-state index is 12.3. The third-order valence-corrected chi connectivity index (χ3v) is 4.47. The van der Waals surface area contributed by atoms with Crippen LogP contribution in [0.2, 0.25) is 0 Å². The highest BCUT2D eigenvalue weighted by atomic mass is 16.5. The number of benzene rings is 2. The molecule has 3 N–H and O–H groups in total. The number of allylic oxidation sites excluding steroid dienone is 3. The van der Waals surface area contributed by atoms with E-state index in [0.717, 1.165) is 0 Å². The van der Waals surface area contributed by atoms with E-state index in [-0.39, 0.29) is 29.7 Å². The highest BCUT2D eigenvalue weighted by molar-refractivity contribution is 6.49. The van der Waals surface area contributed by atoms with E-state index in [2.05, 4.69) is 0 Å². The zero-order valence-corrected chi connectivity index (χ0v) is 14.6. The van der Waals surface area contributed by atoms with Gasteiger partial charge in [-0.15, -0.1) is 0 Å². The number of phenolic OH excluding ortho intramolecular Hbond substituents is 1. The summed E-state index contributed by atoms with van der Waals surface area (Å²) in [6.45, 7) is 0. The van der Waals surface area contributed by atoms with Crippen molar-refractivity contribution in [2.75, 3.05) is 7.11 Å². The van der Waals surface area contributed by atoms with Gasteiger partial charge in [-0.3, -0.25) is 9.59 Å². The molecule has 0 bridgehead atoms. The SMILES string of the molecule is COc1ccccc1CC1=C(O)C(=O)C(=O)C(Cc2ccccc2O)=C1O. The van der Waals surface area contributed by atoms with Crippen LogP contribution in [0.5, 0.6) is 11.5 Å². The number of phenols is 1. The second-order valence-corrected chi connectivity index (χ2v) is 6.11. The van der Waals surface area contributed by atoms with Gasteiger partial charge in [0.15, 0.2) is 5.76 Å². The summed E-state index contributed by atoms with van der Waals surface area (Å²) in [7, 11) is 1.49. The van der Waals surface area contributed by atoms with Gasteiger partial charge in [-0.1, -0.05) is 36.4 Å². The number of carbonyl (C=O) groups excluding carboxylic acids is 2. The van der Waals surface area contributed by atoms with Crippen molar-refractivity contribution in [2.24, 2.45) is 0 Å². The number of aliphatic hydroxyl groups excluding tert-OH is 2. The molecule has 6 heteroatoms. The third kappa shape index (κ3) is 3.42. The monoisotopic (exact) mass is 366 g/mol. The molecule has 0 amide bonds. The summed E-state index contributed by atoms with van der Waals surface area (Å²) in [5.41, 5.74) is 0.814. The second-order valence-electron chi connectivity index (χ2n) is 6.11. The van der Waals surface area contributed by atoms with Crippen LogP contribution in [0.3, 0.4) is 0 Å². The second kappa shape index (κ2) is 7.37. The fourth-order valence-corrected chi connectivity index (χ4v) is 3.01. The molecule has 0 radical (unpaired) electrons. The number of aliphatic hydroxyl groups is 2. The zero-order valence-electron chi connectivity index (χ0n) is 14.6. The van der Waals surface area contributed by atoms with Crippen molar-refractivity contribution in [3.63, 3.8) is 0 Å². The molecule has 1 aliphatic rings. The fourth-order valence-electron chi connectivity index (χ4n) is 3.01. The van der Waals surface area contributed by atoms with Crippen molar-refractivity contribution in [3.8, 4) is 11.5 Å². The summed E-state index contributed by atoms with van der Waals surface area (Å²) >= 11 is 0. The molecule has 1 aliphatic carbocycles. The Morgan fingerprint density at radius 2 is 1.33 bits per heavy atom. The van der Waals surface area contributed by atoms with Gasteiger partial charge in [0, 0.05) is 18.4 Å². The van der Waals surface area contributed by atoms with Gasteiger partial charge in [0.1, 0.15) is 17.3 Å². The van der Waals surface area contributed by atoms with Crippen LogP contribution in [-0.2, 0) is 22.4 Å². The topological polar surface area (TPSA) is 104 Å². The van der Waals surface area contributed by atoms with Crippen LogP contribution in [0.15, 0.2) is 71.2 Å². The van der Waals surface area contributed by atoms with E-state index < -0.39 is 23.1 Å². The fraction of sp³-hybridized carbons (Fsp3) is 0.143. The Morgan fingerprint density at radius 3 is 2.00 bits per heavy atom. The summed E-state index contributed by atoms with van der Waals surface area (Å²) in [6.07, 6.45) is -0.128. The number of Topliss-reactive ketones (excluding diaryl/α,β-unsaturated/α-hetero) is 2. The Hall–Kier alpha value is -3.54. The quantitative estimate of drug-likeness (QED) is 0.555. The molecular weight excluding hydrogens is 348 g/mol. The molecule has 0 spiro atoms. The van der Waals surface area contributed by atoms with E-state index in [9.17, 15) is 24.9 Å². The van der Waals surface area contributed by atoms with Gasteiger partial charge >= 0.3 is 0 Å². The molecule has 3 rings (SSSR count). The maximum Gasteiger partial charge on any atom is 0.267 e. The number of aromatic hydroxyl groups is 1. The van der Waals surface area contributed by atoms with Gasteiger partial charge in [-0.2, -0.15) is 0 Å². The average Bonchev–Trinajstić information content (AvgIpc) is 2.68. The van der Waals surface area contributed by atoms with Crippen molar-refractivity contribution < 1.29 is 29.6 Å². The number of ketones is 2. The van der Waals surface area contributed by atoms with Gasteiger partial charge in [0.05, 0.1) is 12.7 Å². The van der Waals surface area contributed by atoms with Crippen molar-refractivity contribution in [1.29, 1.82) is 0 Å². The van der Waals surface area contributed by atoms with Crippen LogP contribution < -0.4 is 4.74 Å². The number of hydrogen-bond acceptors (Lipinski definition) is 6. The molecule has 0 atom stereocenters. The largest absolute Gasteiger partial charge is 0.508 e. The Bertz CT molecular complexity index is 984. The molecule has 0 fully saturated rings. The standard InChI is InChI=1S/C21H18O6/c1-27-17-9-5-3-7-13(17)11-15-18(23)14(19(24)21(26)20(15)25)10-12-6-2-4-8-16(12)22/h2-9,22-23,25H,10-11H2,1H3. The number of para-hydroxylation sites is 2. The molecular formula is C21H18O6. The first-order valence-electron chi connectivity index (χ1n) is 8.26. The van der Waals surface area contributed by atoms with E-state index in [4.69, 9.17) is 4.74 Å². The van der Waals surface area contributed by atoms with Crippen LogP contribution in [-0.4, -0.2) is 34.0 Å². The number of carbonyl (C=O) groups is 2. The molecule has 2 aromatic rings. The summed E-state index contributed by atoms with van der Waals surface area (Å²) < 4.78 is 5.26. The predicted molar refractivity (Wildman–Crippen MR) is 97.8 cm³/mol. The molecule has 6 nitrogen and oxygen atoms in total. The summed E-state index contributed by atoms with van der Waals surface area (Å²) in [6, 6.07) is 13.3. The van der Waals surface area contributed by atoms with Gasteiger partial charge in [-0.05, 0) is 23.3 Å². The zero-order chi connectivity index (χ0) is 19.6. The molecule has 0 heterocycles. The number of rotatable bonds is 5. The molecule has 0 unspecified atom stereocenters. The Labute approximate surface area is 155 Å². The lowest BCUT2D eigenvalue weighted by Crippen LogP contribution is -2.28. The van der Waals surface area contributed by atoms with Crippen molar-refractivity contribution >= 4 is 11.6 Å². The van der Waals surface area contributed by atoms with Crippen LogP contribution in [0, 0.1) is 0 Å². The molecule has 0 aromatic heterocycles. The minimum atomic E-state index is -1.08. The molecule has 0 saturated carbocycles. The number of ether oxygens (including phenoxy) is 1. The van der Waals surface area contributed by atoms with Crippen LogP contribution in [0.25, 0.3) is 0 Å². The third-order valence-electron chi connectivity index (χ3n) is 4.47. The minimum absolute atomic E-state index is 0.00493. The first-order chi connectivity index (χ1) is 12.9. The van der Waals surface area contributed by atoms with E-state index in [1.165, 1.54) is 13.2 Å². The molecule has 27 heavy (non-hydrogen) atoms. The summed E-state index contributed by atoms with van der Waals surface area (Å²) in [4.78, 5) is 24.5. The normalized spacial score (nSPS) is 14.7. The molecule has 138 valence electrons. The molecule has 0 aliphatic heterocycles. The van der Waals surface area contributed by atoms with Crippen molar-refractivity contribution in [2.45, 2.75) is 12.8 Å². The van der Waals surface area contributed by atoms with E-state index >= 15 is 0 Å².